The fourth-order valence-corrected chi connectivity index (χ4v) is 4.00. The lowest BCUT2D eigenvalue weighted by Crippen LogP contribution is -2.37. The maximum atomic E-state index is 12.8. The number of aromatic nitrogens is 3. The largest absolute Gasteiger partial charge is 0.478 e. The number of carboxylic acid groups (broad SMARTS) is 1. The van der Waals surface area contributed by atoms with Gasteiger partial charge in [-0.05, 0) is 55.7 Å². The lowest BCUT2D eigenvalue weighted by atomic mass is 10.1. The molecule has 0 spiro atoms. The van der Waals surface area contributed by atoms with Gasteiger partial charge in [0.05, 0.1) is 0 Å². The van der Waals surface area contributed by atoms with E-state index >= 15 is 0 Å². The van der Waals surface area contributed by atoms with Crippen molar-refractivity contribution < 1.29 is 36.7 Å². The van der Waals surface area contributed by atoms with Gasteiger partial charge in [-0.25, -0.2) is 4.79 Å². The second-order valence-electron chi connectivity index (χ2n) is 9.82. The van der Waals surface area contributed by atoms with Gasteiger partial charge in [-0.1, -0.05) is 53.7 Å². The van der Waals surface area contributed by atoms with Crippen LogP contribution in [0.4, 0.5) is 19.2 Å². The molecule has 0 saturated heterocycles. The number of hydrogen-bond donors (Lipinski definition) is 1. The summed E-state index contributed by atoms with van der Waals surface area (Å²) in [5, 5.41) is 12.7. The first-order valence-corrected chi connectivity index (χ1v) is 12.6. The molecule has 0 bridgehead atoms. The van der Waals surface area contributed by atoms with E-state index in [-0.39, 0.29) is 5.82 Å². The maximum absolute atomic E-state index is 12.8. The van der Waals surface area contributed by atoms with E-state index in [1.165, 1.54) is 13.8 Å². The number of nitrogens with zero attached hydrogens (tertiary/aromatic N) is 4. The maximum Gasteiger partial charge on any atom is 0.471 e. The number of oxazole rings is 1. The summed E-state index contributed by atoms with van der Waals surface area (Å²) >= 11 is 0. The van der Waals surface area contributed by atoms with Crippen molar-refractivity contribution in [2.75, 3.05) is 11.4 Å². The van der Waals surface area contributed by atoms with E-state index in [0.717, 1.165) is 11.1 Å². The van der Waals surface area contributed by atoms with E-state index in [2.05, 4.69) is 19.6 Å². The Morgan fingerprint density at radius 3 is 2.27 bits per heavy atom. The number of carbonyl (C=O) groups is 1. The smallest absolute Gasteiger partial charge is 0.471 e. The van der Waals surface area contributed by atoms with Gasteiger partial charge >= 0.3 is 18.0 Å². The Bertz CT molecular complexity index is 1610. The summed E-state index contributed by atoms with van der Waals surface area (Å²) in [6.07, 6.45) is -4.10. The topological polar surface area (TPSA) is 115 Å². The third kappa shape index (κ3) is 6.48. The van der Waals surface area contributed by atoms with Gasteiger partial charge < -0.3 is 23.7 Å². The number of rotatable bonds is 10. The minimum atomic E-state index is -4.71. The van der Waals surface area contributed by atoms with Gasteiger partial charge in [0.1, 0.15) is 11.3 Å². The molecule has 12 heteroatoms. The standard InChI is InChI=1S/C29H25F3N4O5/c1-28(2,26(37)38)40-21-13-9-18(10-14-21)15-16-36(27-33-22-5-3-4-6-23(22)39-27)17-19-7-11-20(12-8-19)24-34-25(41-35-24)29(30,31)32/h3-14H,15-17H2,1-2H3,(H,37,38). The summed E-state index contributed by atoms with van der Waals surface area (Å²) in [4.78, 5) is 21.4. The van der Waals surface area contributed by atoms with E-state index in [4.69, 9.17) is 9.15 Å². The first-order chi connectivity index (χ1) is 19.5. The summed E-state index contributed by atoms with van der Waals surface area (Å²) < 4.78 is 54.4. The van der Waals surface area contributed by atoms with Crippen LogP contribution in [0, 0.1) is 0 Å². The summed E-state index contributed by atoms with van der Waals surface area (Å²) in [6.45, 7) is 3.89. The third-order valence-electron chi connectivity index (χ3n) is 6.29. The average Bonchev–Trinajstić information content (AvgIpc) is 3.60. The molecule has 0 radical (unpaired) electrons. The zero-order valence-electron chi connectivity index (χ0n) is 22.1. The Kier molecular flexibility index (Phi) is 7.40. The Labute approximate surface area is 232 Å². The van der Waals surface area contributed by atoms with Crippen LogP contribution in [0.3, 0.4) is 0 Å². The molecule has 5 rings (SSSR count). The highest BCUT2D eigenvalue weighted by Gasteiger charge is 2.38. The Morgan fingerprint density at radius 1 is 0.951 bits per heavy atom. The van der Waals surface area contributed by atoms with Crippen molar-refractivity contribution in [2.24, 2.45) is 0 Å². The first kappa shape index (κ1) is 27.7. The van der Waals surface area contributed by atoms with Gasteiger partial charge in [0, 0.05) is 18.7 Å². The monoisotopic (exact) mass is 566 g/mol. The molecule has 212 valence electrons. The Hall–Kier alpha value is -4.87. The van der Waals surface area contributed by atoms with Crippen molar-refractivity contribution in [3.8, 4) is 17.1 Å². The second-order valence-corrected chi connectivity index (χ2v) is 9.82. The van der Waals surface area contributed by atoms with E-state index in [1.54, 1.807) is 36.4 Å². The van der Waals surface area contributed by atoms with E-state index in [1.807, 2.05) is 41.3 Å². The molecule has 0 amide bonds. The predicted octanol–water partition coefficient (Wildman–Crippen LogP) is 6.39. The molecule has 2 heterocycles. The number of benzene rings is 3. The van der Waals surface area contributed by atoms with Crippen molar-refractivity contribution in [3.05, 3.63) is 89.8 Å². The molecular formula is C29H25F3N4O5. The van der Waals surface area contributed by atoms with Crippen LogP contribution in [0.15, 0.2) is 81.7 Å². The molecule has 0 unspecified atom stereocenters. The molecule has 0 aliphatic rings. The molecule has 9 nitrogen and oxygen atoms in total. The molecular weight excluding hydrogens is 541 g/mol. The van der Waals surface area contributed by atoms with Crippen LogP contribution in [0.1, 0.15) is 30.9 Å². The zero-order valence-corrected chi connectivity index (χ0v) is 22.1. The molecule has 41 heavy (non-hydrogen) atoms. The molecule has 1 N–H and O–H groups in total. The number of aliphatic carboxylic acids is 1. The number of alkyl halides is 3. The number of para-hydroxylation sites is 2. The SMILES string of the molecule is CC(C)(Oc1ccc(CCN(Cc2ccc(-c3noc(C(F)(F)F)n3)cc2)c2nc3ccccc3o2)cc1)C(=O)O. The highest BCUT2D eigenvalue weighted by molar-refractivity contribution is 5.76. The lowest BCUT2D eigenvalue weighted by molar-refractivity contribution is -0.159. The molecule has 5 aromatic rings. The number of fused-ring (bicyclic) bond motifs is 1. The van der Waals surface area contributed by atoms with Crippen molar-refractivity contribution in [1.82, 2.24) is 15.1 Å². The van der Waals surface area contributed by atoms with Crippen molar-refractivity contribution in [2.45, 2.75) is 38.6 Å². The highest BCUT2D eigenvalue weighted by Crippen LogP contribution is 2.30. The van der Waals surface area contributed by atoms with Crippen LogP contribution in [0.5, 0.6) is 5.75 Å². The summed E-state index contributed by atoms with van der Waals surface area (Å²) in [5.74, 6) is -2.17. The van der Waals surface area contributed by atoms with Crippen molar-refractivity contribution >= 4 is 23.1 Å². The van der Waals surface area contributed by atoms with Crippen LogP contribution < -0.4 is 9.64 Å². The fourth-order valence-electron chi connectivity index (χ4n) is 4.00. The quantitative estimate of drug-likeness (QED) is 0.205. The molecule has 0 saturated carbocycles. The van der Waals surface area contributed by atoms with Gasteiger partial charge in [0.2, 0.25) is 5.82 Å². The fraction of sp³-hybridized carbons (Fsp3) is 0.241. The van der Waals surface area contributed by atoms with Gasteiger partial charge in [-0.3, -0.25) is 0 Å². The van der Waals surface area contributed by atoms with Crippen LogP contribution in [0.25, 0.3) is 22.5 Å². The van der Waals surface area contributed by atoms with Gasteiger partial charge in [-0.15, -0.1) is 0 Å². The molecule has 0 fully saturated rings. The van der Waals surface area contributed by atoms with E-state index in [9.17, 15) is 23.1 Å². The Balaban J connectivity index is 1.33. The Morgan fingerprint density at radius 2 is 1.63 bits per heavy atom. The predicted molar refractivity (Wildman–Crippen MR) is 142 cm³/mol. The minimum absolute atomic E-state index is 0.154. The zero-order chi connectivity index (χ0) is 29.2. The molecule has 2 aromatic heterocycles. The number of anilines is 1. The van der Waals surface area contributed by atoms with Crippen molar-refractivity contribution in [3.63, 3.8) is 0 Å². The summed E-state index contributed by atoms with van der Waals surface area (Å²) in [7, 11) is 0. The summed E-state index contributed by atoms with van der Waals surface area (Å²) in [6, 6.07) is 21.8. The first-order valence-electron chi connectivity index (χ1n) is 12.6. The number of halogens is 3. The average molecular weight is 567 g/mol. The summed E-state index contributed by atoms with van der Waals surface area (Å²) in [5.41, 5.74) is 2.22. The van der Waals surface area contributed by atoms with Crippen LogP contribution in [-0.4, -0.2) is 38.3 Å². The number of hydrogen-bond acceptors (Lipinski definition) is 8. The van der Waals surface area contributed by atoms with Crippen molar-refractivity contribution in [1.29, 1.82) is 0 Å². The van der Waals surface area contributed by atoms with Crippen LogP contribution in [-0.2, 0) is 23.9 Å². The molecule has 3 aromatic carbocycles. The number of ether oxygens (including phenoxy) is 1. The third-order valence-corrected chi connectivity index (χ3v) is 6.29. The number of carboxylic acids is 1. The van der Waals surface area contributed by atoms with Gasteiger partial charge in [0.25, 0.3) is 6.01 Å². The minimum Gasteiger partial charge on any atom is -0.478 e. The molecule has 0 aliphatic carbocycles. The van der Waals surface area contributed by atoms with Crippen LogP contribution in [0.2, 0.25) is 0 Å². The molecule has 0 aliphatic heterocycles. The highest BCUT2D eigenvalue weighted by atomic mass is 19.4. The lowest BCUT2D eigenvalue weighted by Gasteiger charge is -2.22. The molecule has 0 atom stereocenters. The van der Waals surface area contributed by atoms with E-state index in [0.29, 0.717) is 47.9 Å². The van der Waals surface area contributed by atoms with Gasteiger partial charge in [0.15, 0.2) is 11.2 Å². The van der Waals surface area contributed by atoms with E-state index < -0.39 is 23.6 Å². The second kappa shape index (κ2) is 11.0. The normalized spacial score (nSPS) is 12.0. The van der Waals surface area contributed by atoms with Crippen LogP contribution >= 0.6 is 0 Å². The van der Waals surface area contributed by atoms with Gasteiger partial charge in [-0.2, -0.15) is 23.1 Å².